The Labute approximate surface area is 146 Å². The highest BCUT2D eigenvalue weighted by atomic mass is 35.5. The van der Waals surface area contributed by atoms with Crippen LogP contribution in [0, 0.1) is 0 Å². The van der Waals surface area contributed by atoms with Crippen molar-refractivity contribution in [3.05, 3.63) is 61.9 Å². The van der Waals surface area contributed by atoms with Crippen molar-refractivity contribution in [2.45, 2.75) is 6.54 Å². The van der Waals surface area contributed by atoms with Gasteiger partial charge in [-0.15, -0.1) is 11.3 Å². The summed E-state index contributed by atoms with van der Waals surface area (Å²) in [6, 6.07) is 7.64. The molecule has 0 unspecified atom stereocenters. The Bertz CT molecular complexity index is 908. The average Bonchev–Trinajstić information content (AvgIpc) is 3.04. The molecule has 0 spiro atoms. The van der Waals surface area contributed by atoms with E-state index in [0.29, 0.717) is 0 Å². The molecule has 23 heavy (non-hydrogen) atoms. The minimum atomic E-state index is -0.435. The normalized spacial score (nSPS) is 10.7. The van der Waals surface area contributed by atoms with E-state index >= 15 is 0 Å². The largest absolute Gasteiger partial charge is 0.497 e. The second kappa shape index (κ2) is 6.70. The summed E-state index contributed by atoms with van der Waals surface area (Å²) in [6.45, 7) is 0.232. The quantitative estimate of drug-likeness (QED) is 0.704. The van der Waals surface area contributed by atoms with Crippen molar-refractivity contribution in [3.63, 3.8) is 0 Å². The average molecular weight is 368 g/mol. The van der Waals surface area contributed by atoms with Crippen LogP contribution >= 0.6 is 34.5 Å². The first-order valence-corrected chi connectivity index (χ1v) is 8.22. The van der Waals surface area contributed by atoms with Gasteiger partial charge in [-0.05, 0) is 12.1 Å². The van der Waals surface area contributed by atoms with E-state index < -0.39 is 5.56 Å². The molecule has 118 valence electrons. The lowest BCUT2D eigenvalue weighted by atomic mass is 10.2. The van der Waals surface area contributed by atoms with Crippen LogP contribution in [0.4, 0.5) is 0 Å². The number of halogens is 2. The maximum atomic E-state index is 12.0. The first kappa shape index (κ1) is 16.0. The standard InChI is InChI=1S/C15H11Cl2N3O2S/c1-22-11-4-2-3-9(5-11)14-19-10(8-23-14)7-20-15(21)13(17)12(16)6-18-20/h2-6,8H,7H2,1H3. The van der Waals surface area contributed by atoms with Crippen LogP contribution in [-0.2, 0) is 6.54 Å². The van der Waals surface area contributed by atoms with Gasteiger partial charge >= 0.3 is 0 Å². The number of hydrogen-bond acceptors (Lipinski definition) is 5. The van der Waals surface area contributed by atoms with Crippen LogP contribution in [0.5, 0.6) is 5.75 Å². The highest BCUT2D eigenvalue weighted by Gasteiger charge is 2.11. The third kappa shape index (κ3) is 3.39. The Morgan fingerprint density at radius 2 is 2.17 bits per heavy atom. The summed E-state index contributed by atoms with van der Waals surface area (Å²) >= 11 is 13.1. The molecule has 0 aliphatic heterocycles. The fraction of sp³-hybridized carbons (Fsp3) is 0.133. The zero-order valence-corrected chi connectivity index (χ0v) is 14.3. The molecule has 0 aliphatic rings. The Morgan fingerprint density at radius 3 is 2.96 bits per heavy atom. The molecule has 5 nitrogen and oxygen atoms in total. The molecule has 2 aromatic heterocycles. The van der Waals surface area contributed by atoms with E-state index in [2.05, 4.69) is 10.1 Å². The summed E-state index contributed by atoms with van der Waals surface area (Å²) in [7, 11) is 1.62. The van der Waals surface area contributed by atoms with Crippen molar-refractivity contribution < 1.29 is 4.74 Å². The van der Waals surface area contributed by atoms with E-state index in [-0.39, 0.29) is 16.6 Å². The van der Waals surface area contributed by atoms with Gasteiger partial charge in [-0.25, -0.2) is 9.67 Å². The Morgan fingerprint density at radius 1 is 1.35 bits per heavy atom. The van der Waals surface area contributed by atoms with Crippen LogP contribution in [0.1, 0.15) is 5.69 Å². The van der Waals surface area contributed by atoms with Gasteiger partial charge in [-0.3, -0.25) is 4.79 Å². The van der Waals surface area contributed by atoms with Crippen molar-refractivity contribution >= 4 is 34.5 Å². The maximum Gasteiger partial charge on any atom is 0.287 e. The monoisotopic (exact) mass is 367 g/mol. The van der Waals surface area contributed by atoms with Gasteiger partial charge in [0.15, 0.2) is 0 Å². The molecule has 0 N–H and O–H groups in total. The van der Waals surface area contributed by atoms with Gasteiger partial charge < -0.3 is 4.74 Å². The SMILES string of the molecule is COc1cccc(-c2nc(Cn3ncc(Cl)c(Cl)c3=O)cs2)c1. The van der Waals surface area contributed by atoms with E-state index in [0.717, 1.165) is 22.0 Å². The van der Waals surface area contributed by atoms with Crippen molar-refractivity contribution in [2.24, 2.45) is 0 Å². The number of aromatic nitrogens is 3. The molecular formula is C15H11Cl2N3O2S. The number of rotatable bonds is 4. The third-order valence-electron chi connectivity index (χ3n) is 3.12. The van der Waals surface area contributed by atoms with Crippen LogP contribution in [0.15, 0.2) is 40.6 Å². The van der Waals surface area contributed by atoms with Crippen LogP contribution in [0.25, 0.3) is 10.6 Å². The molecule has 0 saturated heterocycles. The first-order chi connectivity index (χ1) is 11.1. The predicted octanol–water partition coefficient (Wildman–Crippen LogP) is 3.73. The summed E-state index contributed by atoms with van der Waals surface area (Å²) in [5.74, 6) is 0.765. The molecule has 8 heteroatoms. The molecule has 0 atom stereocenters. The zero-order chi connectivity index (χ0) is 16.4. The van der Waals surface area contributed by atoms with Gasteiger partial charge in [0.1, 0.15) is 15.8 Å². The second-order valence-corrected chi connectivity index (χ2v) is 6.29. The van der Waals surface area contributed by atoms with Gasteiger partial charge in [0.05, 0.1) is 30.6 Å². The van der Waals surface area contributed by atoms with Gasteiger partial charge in [-0.2, -0.15) is 5.10 Å². The van der Waals surface area contributed by atoms with Crippen LogP contribution in [-0.4, -0.2) is 21.9 Å². The lowest BCUT2D eigenvalue weighted by Gasteiger charge is -2.03. The minimum absolute atomic E-state index is 0.0371. The Hall–Kier alpha value is -1.89. The molecule has 3 aromatic rings. The number of benzene rings is 1. The summed E-state index contributed by atoms with van der Waals surface area (Å²) < 4.78 is 6.45. The van der Waals surface area contributed by atoms with Gasteiger partial charge in [0.2, 0.25) is 0 Å². The molecule has 1 aromatic carbocycles. The molecule has 0 radical (unpaired) electrons. The number of thiazole rings is 1. The third-order valence-corrected chi connectivity index (χ3v) is 4.81. The van der Waals surface area contributed by atoms with Crippen molar-refractivity contribution in [3.8, 4) is 16.3 Å². The fourth-order valence-electron chi connectivity index (χ4n) is 1.98. The zero-order valence-electron chi connectivity index (χ0n) is 12.0. The lowest BCUT2D eigenvalue weighted by molar-refractivity contribution is 0.415. The summed E-state index contributed by atoms with van der Waals surface area (Å²) in [5, 5.41) is 6.80. The predicted molar refractivity (Wildman–Crippen MR) is 91.7 cm³/mol. The van der Waals surface area contributed by atoms with E-state index in [4.69, 9.17) is 27.9 Å². The smallest absolute Gasteiger partial charge is 0.287 e. The van der Waals surface area contributed by atoms with Crippen molar-refractivity contribution in [1.29, 1.82) is 0 Å². The number of nitrogens with zero attached hydrogens (tertiary/aromatic N) is 3. The van der Waals surface area contributed by atoms with Gasteiger partial charge in [0.25, 0.3) is 5.56 Å². The molecule has 0 saturated carbocycles. The van der Waals surface area contributed by atoms with Gasteiger partial charge in [0, 0.05) is 10.9 Å². The minimum Gasteiger partial charge on any atom is -0.497 e. The van der Waals surface area contributed by atoms with Crippen LogP contribution in [0.2, 0.25) is 10.0 Å². The van der Waals surface area contributed by atoms with E-state index in [1.54, 1.807) is 7.11 Å². The fourth-order valence-corrected chi connectivity index (χ4v) is 3.06. The van der Waals surface area contributed by atoms with E-state index in [1.165, 1.54) is 22.2 Å². The topological polar surface area (TPSA) is 57.0 Å². The van der Waals surface area contributed by atoms with Gasteiger partial charge in [-0.1, -0.05) is 35.3 Å². The molecule has 0 amide bonds. The summed E-state index contributed by atoms with van der Waals surface area (Å²) in [5.41, 5.74) is 1.24. The molecule has 2 heterocycles. The van der Waals surface area contributed by atoms with E-state index in [9.17, 15) is 4.79 Å². The van der Waals surface area contributed by atoms with Crippen LogP contribution in [0.3, 0.4) is 0 Å². The Kier molecular flexibility index (Phi) is 4.66. The van der Waals surface area contributed by atoms with Crippen molar-refractivity contribution in [1.82, 2.24) is 14.8 Å². The number of hydrogen-bond donors (Lipinski definition) is 0. The maximum absolute atomic E-state index is 12.0. The number of ether oxygens (including phenoxy) is 1. The lowest BCUT2D eigenvalue weighted by Crippen LogP contribution is -2.23. The van der Waals surface area contributed by atoms with Crippen LogP contribution < -0.4 is 10.3 Å². The Balaban J connectivity index is 1.88. The molecule has 0 aliphatic carbocycles. The second-order valence-electron chi connectivity index (χ2n) is 4.65. The number of methoxy groups -OCH3 is 1. The highest BCUT2D eigenvalue weighted by molar-refractivity contribution is 7.13. The summed E-state index contributed by atoms with van der Waals surface area (Å²) in [4.78, 5) is 16.5. The van der Waals surface area contributed by atoms with E-state index in [1.807, 2.05) is 29.6 Å². The molecule has 3 rings (SSSR count). The summed E-state index contributed by atoms with van der Waals surface area (Å²) in [6.07, 6.45) is 1.35. The first-order valence-electron chi connectivity index (χ1n) is 6.58. The highest BCUT2D eigenvalue weighted by Crippen LogP contribution is 2.27. The van der Waals surface area contributed by atoms with Crippen molar-refractivity contribution in [2.75, 3.05) is 7.11 Å². The molecular weight excluding hydrogens is 357 g/mol. The molecule has 0 fully saturated rings. The molecule has 0 bridgehead atoms.